The van der Waals surface area contributed by atoms with E-state index in [2.05, 4.69) is 11.0 Å². The first kappa shape index (κ1) is 12.7. The van der Waals surface area contributed by atoms with Crippen LogP contribution >= 0.6 is 23.2 Å². The van der Waals surface area contributed by atoms with Crippen molar-refractivity contribution >= 4 is 23.2 Å². The number of piperidine rings is 1. The first-order valence-corrected chi connectivity index (χ1v) is 6.51. The summed E-state index contributed by atoms with van der Waals surface area (Å²) in [5.41, 5.74) is 1.04. The number of nitrogens with zero attached hydrogens (tertiary/aromatic N) is 2. The average molecular weight is 269 g/mol. The van der Waals surface area contributed by atoms with Crippen LogP contribution in [0.2, 0.25) is 10.0 Å². The highest BCUT2D eigenvalue weighted by molar-refractivity contribution is 6.42. The van der Waals surface area contributed by atoms with Crippen LogP contribution < -0.4 is 0 Å². The summed E-state index contributed by atoms with van der Waals surface area (Å²) in [6.45, 7) is 2.64. The predicted octanol–water partition coefficient (Wildman–Crippen LogP) is 3.73. The van der Waals surface area contributed by atoms with E-state index >= 15 is 0 Å². The molecule has 1 aliphatic heterocycles. The Balaban J connectivity index is 2.06. The van der Waals surface area contributed by atoms with Crippen LogP contribution in [0.4, 0.5) is 0 Å². The van der Waals surface area contributed by atoms with Crippen LogP contribution in [0.1, 0.15) is 18.4 Å². The summed E-state index contributed by atoms with van der Waals surface area (Å²) >= 11 is 12.1. The third-order valence-electron chi connectivity index (χ3n) is 3.11. The summed E-state index contributed by atoms with van der Waals surface area (Å²) in [5, 5.41) is 10.2. The van der Waals surface area contributed by atoms with Gasteiger partial charge in [0.15, 0.2) is 0 Å². The Morgan fingerprint density at radius 1 is 1.41 bits per heavy atom. The maximum atomic E-state index is 8.95. The van der Waals surface area contributed by atoms with Gasteiger partial charge in [-0.3, -0.25) is 4.90 Å². The van der Waals surface area contributed by atoms with Crippen LogP contribution in [0.5, 0.6) is 0 Å². The summed E-state index contributed by atoms with van der Waals surface area (Å²) in [4.78, 5) is 2.27. The fraction of sp³-hybridized carbons (Fsp3) is 0.462. The lowest BCUT2D eigenvalue weighted by Gasteiger charge is -2.29. The topological polar surface area (TPSA) is 27.0 Å². The molecule has 0 N–H and O–H groups in total. The van der Waals surface area contributed by atoms with Gasteiger partial charge in [0, 0.05) is 13.1 Å². The number of hydrogen-bond donors (Lipinski definition) is 0. The third-order valence-corrected chi connectivity index (χ3v) is 3.97. The summed E-state index contributed by atoms with van der Waals surface area (Å²) in [7, 11) is 0. The van der Waals surface area contributed by atoms with Crippen molar-refractivity contribution in [1.29, 1.82) is 5.26 Å². The molecule has 1 aromatic carbocycles. The van der Waals surface area contributed by atoms with Gasteiger partial charge < -0.3 is 0 Å². The minimum Gasteiger partial charge on any atom is -0.298 e. The highest BCUT2D eigenvalue weighted by atomic mass is 35.5. The lowest BCUT2D eigenvalue weighted by atomic mass is 9.99. The predicted molar refractivity (Wildman–Crippen MR) is 70.1 cm³/mol. The van der Waals surface area contributed by atoms with E-state index in [0.29, 0.717) is 10.0 Å². The van der Waals surface area contributed by atoms with Crippen molar-refractivity contribution in [3.05, 3.63) is 33.8 Å². The van der Waals surface area contributed by atoms with E-state index in [-0.39, 0.29) is 5.92 Å². The number of likely N-dealkylation sites (tertiary alicyclic amines) is 1. The molecule has 1 atom stereocenters. The van der Waals surface area contributed by atoms with Crippen LogP contribution in [-0.2, 0) is 6.54 Å². The van der Waals surface area contributed by atoms with Crippen molar-refractivity contribution in [2.75, 3.05) is 13.1 Å². The van der Waals surface area contributed by atoms with Crippen molar-refractivity contribution in [3.8, 4) is 6.07 Å². The zero-order valence-corrected chi connectivity index (χ0v) is 11.0. The van der Waals surface area contributed by atoms with Gasteiger partial charge in [0.2, 0.25) is 0 Å². The minimum atomic E-state index is 0.154. The van der Waals surface area contributed by atoms with Crippen LogP contribution in [0, 0.1) is 17.2 Å². The lowest BCUT2D eigenvalue weighted by molar-refractivity contribution is 0.192. The molecule has 1 fully saturated rings. The van der Waals surface area contributed by atoms with Gasteiger partial charge in [0.1, 0.15) is 0 Å². The molecule has 0 bridgehead atoms. The normalized spacial score (nSPS) is 21.1. The van der Waals surface area contributed by atoms with Crippen molar-refractivity contribution in [2.24, 2.45) is 5.92 Å². The van der Waals surface area contributed by atoms with Crippen LogP contribution in [-0.4, -0.2) is 18.0 Å². The SMILES string of the molecule is N#C[C@@H]1CCCN(Cc2cccc(Cl)c2Cl)C1. The lowest BCUT2D eigenvalue weighted by Crippen LogP contribution is -2.34. The van der Waals surface area contributed by atoms with Crippen molar-refractivity contribution in [3.63, 3.8) is 0 Å². The molecule has 0 unspecified atom stereocenters. The molecule has 2 nitrogen and oxygen atoms in total. The Morgan fingerprint density at radius 3 is 3.00 bits per heavy atom. The second-order valence-corrected chi connectivity index (χ2v) is 5.20. The number of hydrogen-bond acceptors (Lipinski definition) is 2. The highest BCUT2D eigenvalue weighted by Crippen LogP contribution is 2.27. The molecule has 17 heavy (non-hydrogen) atoms. The summed E-state index contributed by atoms with van der Waals surface area (Å²) in [6.07, 6.45) is 2.09. The molecule has 0 radical (unpaired) electrons. The highest BCUT2D eigenvalue weighted by Gasteiger charge is 2.20. The van der Waals surface area contributed by atoms with E-state index < -0.39 is 0 Å². The molecule has 0 amide bonds. The van der Waals surface area contributed by atoms with Gasteiger partial charge in [-0.1, -0.05) is 35.3 Å². The van der Waals surface area contributed by atoms with Crippen LogP contribution in [0.15, 0.2) is 18.2 Å². The van der Waals surface area contributed by atoms with E-state index in [1.165, 1.54) is 0 Å². The zero-order valence-electron chi connectivity index (χ0n) is 9.50. The standard InChI is InChI=1S/C13H14Cl2N2/c14-12-5-1-4-11(13(12)15)9-17-6-2-3-10(7-16)8-17/h1,4-5,10H,2-3,6,8-9H2/t10-/m0/s1. The molecule has 4 heteroatoms. The molecule has 0 spiro atoms. The van der Waals surface area contributed by atoms with Crippen LogP contribution in [0.25, 0.3) is 0 Å². The van der Waals surface area contributed by atoms with Crippen molar-refractivity contribution in [2.45, 2.75) is 19.4 Å². The number of halogens is 2. The first-order valence-electron chi connectivity index (χ1n) is 5.75. The van der Waals surface area contributed by atoms with E-state index in [1.807, 2.05) is 12.1 Å². The van der Waals surface area contributed by atoms with Gasteiger partial charge in [-0.25, -0.2) is 0 Å². The van der Waals surface area contributed by atoms with Crippen molar-refractivity contribution < 1.29 is 0 Å². The summed E-state index contributed by atoms with van der Waals surface area (Å²) in [6, 6.07) is 8.04. The molecule has 0 saturated carbocycles. The molecule has 1 aliphatic rings. The molecular formula is C13H14Cl2N2. The largest absolute Gasteiger partial charge is 0.298 e. The van der Waals surface area contributed by atoms with E-state index in [4.69, 9.17) is 28.5 Å². The molecule has 0 aromatic heterocycles. The maximum Gasteiger partial charge on any atom is 0.0669 e. The molecule has 1 saturated heterocycles. The summed E-state index contributed by atoms with van der Waals surface area (Å²) in [5.74, 6) is 0.154. The van der Waals surface area contributed by atoms with Gasteiger partial charge in [-0.05, 0) is 31.0 Å². The first-order chi connectivity index (χ1) is 8.20. The second kappa shape index (κ2) is 5.73. The average Bonchev–Trinajstić information content (AvgIpc) is 2.35. The van der Waals surface area contributed by atoms with Gasteiger partial charge in [0.25, 0.3) is 0 Å². The Labute approximate surface area is 112 Å². The molecule has 0 aliphatic carbocycles. The van der Waals surface area contributed by atoms with E-state index in [1.54, 1.807) is 6.07 Å². The monoisotopic (exact) mass is 268 g/mol. The molecule has 2 rings (SSSR count). The molecule has 90 valence electrons. The smallest absolute Gasteiger partial charge is 0.0669 e. The number of benzene rings is 1. The quantitative estimate of drug-likeness (QED) is 0.818. The minimum absolute atomic E-state index is 0.154. The molecule has 1 heterocycles. The second-order valence-electron chi connectivity index (χ2n) is 4.42. The Morgan fingerprint density at radius 2 is 2.24 bits per heavy atom. The zero-order chi connectivity index (χ0) is 12.3. The van der Waals surface area contributed by atoms with E-state index in [9.17, 15) is 0 Å². The van der Waals surface area contributed by atoms with E-state index in [0.717, 1.165) is 38.0 Å². The Bertz CT molecular complexity index is 440. The molecular weight excluding hydrogens is 255 g/mol. The van der Waals surface area contributed by atoms with Gasteiger partial charge in [0.05, 0.1) is 22.0 Å². The molecule has 1 aromatic rings. The fourth-order valence-corrected chi connectivity index (χ4v) is 2.60. The fourth-order valence-electron chi connectivity index (χ4n) is 2.22. The Hall–Kier alpha value is -0.750. The van der Waals surface area contributed by atoms with Gasteiger partial charge >= 0.3 is 0 Å². The third kappa shape index (κ3) is 3.13. The number of nitriles is 1. The van der Waals surface area contributed by atoms with Crippen molar-refractivity contribution in [1.82, 2.24) is 4.90 Å². The van der Waals surface area contributed by atoms with Gasteiger partial charge in [-0.2, -0.15) is 5.26 Å². The Kier molecular flexibility index (Phi) is 4.28. The van der Waals surface area contributed by atoms with Gasteiger partial charge in [-0.15, -0.1) is 0 Å². The maximum absolute atomic E-state index is 8.95. The number of rotatable bonds is 2. The van der Waals surface area contributed by atoms with Crippen LogP contribution in [0.3, 0.4) is 0 Å². The summed E-state index contributed by atoms with van der Waals surface area (Å²) < 4.78 is 0.